The number of hydrogen-bond acceptors (Lipinski definition) is 2. The van der Waals surface area contributed by atoms with Gasteiger partial charge in [0, 0.05) is 6.42 Å². The normalized spacial score (nSPS) is 15.2. The SMILES string of the molecule is N#Cc1ccc(Cl)c(NC(=O)CCC2CCCC2)c1. The molecule has 1 N–H and O–H groups in total. The van der Waals surface area contributed by atoms with E-state index in [1.807, 2.05) is 6.07 Å². The topological polar surface area (TPSA) is 52.9 Å². The van der Waals surface area contributed by atoms with Crippen LogP contribution in [0.15, 0.2) is 18.2 Å². The van der Waals surface area contributed by atoms with Gasteiger partial charge in [-0.05, 0) is 30.5 Å². The van der Waals surface area contributed by atoms with Crippen LogP contribution in [0, 0.1) is 17.2 Å². The molecule has 4 heteroatoms. The number of nitrogens with zero attached hydrogens (tertiary/aromatic N) is 1. The molecule has 1 aromatic carbocycles. The zero-order chi connectivity index (χ0) is 13.7. The lowest BCUT2D eigenvalue weighted by Gasteiger charge is -2.10. The molecule has 1 aliphatic carbocycles. The molecule has 100 valence electrons. The van der Waals surface area contributed by atoms with Crippen molar-refractivity contribution in [2.45, 2.75) is 38.5 Å². The molecule has 0 spiro atoms. The standard InChI is InChI=1S/C15H17ClN2O/c16-13-7-5-12(10-17)9-14(13)18-15(19)8-6-11-3-1-2-4-11/h5,7,9,11H,1-4,6,8H2,(H,18,19). The van der Waals surface area contributed by atoms with E-state index in [4.69, 9.17) is 16.9 Å². The minimum absolute atomic E-state index is 0.0242. The van der Waals surface area contributed by atoms with Crippen LogP contribution in [0.4, 0.5) is 5.69 Å². The number of benzene rings is 1. The van der Waals surface area contributed by atoms with Crippen LogP contribution in [0.1, 0.15) is 44.1 Å². The molecular weight excluding hydrogens is 260 g/mol. The molecule has 0 radical (unpaired) electrons. The summed E-state index contributed by atoms with van der Waals surface area (Å²) >= 11 is 6.00. The lowest BCUT2D eigenvalue weighted by atomic mass is 10.0. The maximum Gasteiger partial charge on any atom is 0.224 e. The molecule has 2 rings (SSSR count). The largest absolute Gasteiger partial charge is 0.325 e. The highest BCUT2D eigenvalue weighted by molar-refractivity contribution is 6.33. The van der Waals surface area contributed by atoms with E-state index < -0.39 is 0 Å². The first-order valence-electron chi connectivity index (χ1n) is 6.68. The third kappa shape index (κ3) is 3.97. The lowest BCUT2D eigenvalue weighted by Crippen LogP contribution is -2.13. The second-order valence-electron chi connectivity index (χ2n) is 5.04. The van der Waals surface area contributed by atoms with Crippen LogP contribution >= 0.6 is 11.6 Å². The van der Waals surface area contributed by atoms with Crippen LogP contribution in [0.2, 0.25) is 5.02 Å². The summed E-state index contributed by atoms with van der Waals surface area (Å²) in [6.45, 7) is 0. The van der Waals surface area contributed by atoms with Crippen molar-refractivity contribution >= 4 is 23.2 Å². The van der Waals surface area contributed by atoms with E-state index in [2.05, 4.69) is 5.32 Å². The van der Waals surface area contributed by atoms with E-state index in [-0.39, 0.29) is 5.91 Å². The van der Waals surface area contributed by atoms with Gasteiger partial charge in [0.05, 0.1) is 22.3 Å². The Morgan fingerprint density at radius 1 is 1.42 bits per heavy atom. The second-order valence-corrected chi connectivity index (χ2v) is 5.45. The Kier molecular flexibility index (Phi) is 4.81. The third-order valence-electron chi connectivity index (χ3n) is 3.62. The number of nitriles is 1. The summed E-state index contributed by atoms with van der Waals surface area (Å²) in [6, 6.07) is 6.91. The molecule has 0 atom stereocenters. The van der Waals surface area contributed by atoms with Gasteiger partial charge in [0.25, 0.3) is 0 Å². The van der Waals surface area contributed by atoms with Crippen LogP contribution in [-0.4, -0.2) is 5.91 Å². The molecular formula is C15H17ClN2O. The summed E-state index contributed by atoms with van der Waals surface area (Å²) in [5.74, 6) is 0.676. The van der Waals surface area contributed by atoms with Crippen molar-refractivity contribution in [2.75, 3.05) is 5.32 Å². The molecule has 1 aliphatic rings. The van der Waals surface area contributed by atoms with Crippen molar-refractivity contribution in [3.05, 3.63) is 28.8 Å². The van der Waals surface area contributed by atoms with Gasteiger partial charge in [-0.1, -0.05) is 37.3 Å². The van der Waals surface area contributed by atoms with Gasteiger partial charge >= 0.3 is 0 Å². The van der Waals surface area contributed by atoms with Crippen molar-refractivity contribution in [2.24, 2.45) is 5.92 Å². The Bertz CT molecular complexity index is 501. The zero-order valence-electron chi connectivity index (χ0n) is 10.8. The summed E-state index contributed by atoms with van der Waals surface area (Å²) in [4.78, 5) is 11.9. The Morgan fingerprint density at radius 3 is 2.84 bits per heavy atom. The average molecular weight is 277 g/mol. The quantitative estimate of drug-likeness (QED) is 0.899. The van der Waals surface area contributed by atoms with Crippen LogP contribution < -0.4 is 5.32 Å². The molecule has 0 heterocycles. The maximum atomic E-state index is 11.9. The molecule has 0 aliphatic heterocycles. The number of nitrogens with one attached hydrogen (secondary N) is 1. The zero-order valence-corrected chi connectivity index (χ0v) is 11.5. The highest BCUT2D eigenvalue weighted by Crippen LogP contribution is 2.29. The lowest BCUT2D eigenvalue weighted by molar-refractivity contribution is -0.116. The minimum atomic E-state index is -0.0242. The first-order valence-corrected chi connectivity index (χ1v) is 7.06. The third-order valence-corrected chi connectivity index (χ3v) is 3.95. The van der Waals surface area contributed by atoms with Crippen molar-refractivity contribution in [1.82, 2.24) is 0 Å². The number of halogens is 1. The van der Waals surface area contributed by atoms with Crippen molar-refractivity contribution in [3.63, 3.8) is 0 Å². The Hall–Kier alpha value is -1.53. The van der Waals surface area contributed by atoms with E-state index in [0.717, 1.165) is 6.42 Å². The van der Waals surface area contributed by atoms with E-state index >= 15 is 0 Å². The van der Waals surface area contributed by atoms with Crippen molar-refractivity contribution in [1.29, 1.82) is 5.26 Å². The molecule has 0 saturated heterocycles. The monoisotopic (exact) mass is 276 g/mol. The second kappa shape index (κ2) is 6.58. The van der Waals surface area contributed by atoms with Gasteiger partial charge in [-0.3, -0.25) is 4.79 Å². The summed E-state index contributed by atoms with van der Waals surface area (Å²) in [7, 11) is 0. The van der Waals surface area contributed by atoms with Gasteiger partial charge in [-0.25, -0.2) is 0 Å². The number of amides is 1. The Morgan fingerprint density at radius 2 is 2.16 bits per heavy atom. The van der Waals surface area contributed by atoms with Gasteiger partial charge in [-0.2, -0.15) is 5.26 Å². The fraction of sp³-hybridized carbons (Fsp3) is 0.467. The van der Waals surface area contributed by atoms with Gasteiger partial charge < -0.3 is 5.32 Å². The molecule has 1 aromatic rings. The van der Waals surface area contributed by atoms with Gasteiger partial charge in [-0.15, -0.1) is 0 Å². The molecule has 1 saturated carbocycles. The fourth-order valence-corrected chi connectivity index (χ4v) is 2.70. The minimum Gasteiger partial charge on any atom is -0.325 e. The molecule has 0 bridgehead atoms. The summed E-state index contributed by atoms with van der Waals surface area (Å²) in [5.41, 5.74) is 1.02. The van der Waals surface area contributed by atoms with Gasteiger partial charge in [0.15, 0.2) is 0 Å². The number of anilines is 1. The fourth-order valence-electron chi connectivity index (χ4n) is 2.54. The van der Waals surface area contributed by atoms with E-state index in [0.29, 0.717) is 28.6 Å². The summed E-state index contributed by atoms with van der Waals surface area (Å²) in [6.07, 6.45) is 6.56. The first-order chi connectivity index (χ1) is 9.19. The number of hydrogen-bond donors (Lipinski definition) is 1. The van der Waals surface area contributed by atoms with Crippen molar-refractivity contribution < 1.29 is 4.79 Å². The predicted octanol–water partition coefficient (Wildman–Crippen LogP) is 4.12. The smallest absolute Gasteiger partial charge is 0.224 e. The molecule has 3 nitrogen and oxygen atoms in total. The predicted molar refractivity (Wildman–Crippen MR) is 76.0 cm³/mol. The van der Waals surface area contributed by atoms with E-state index in [1.165, 1.54) is 25.7 Å². The van der Waals surface area contributed by atoms with Crippen LogP contribution in [0.3, 0.4) is 0 Å². The maximum absolute atomic E-state index is 11.9. The highest BCUT2D eigenvalue weighted by atomic mass is 35.5. The van der Waals surface area contributed by atoms with Crippen LogP contribution in [0.5, 0.6) is 0 Å². The van der Waals surface area contributed by atoms with E-state index in [9.17, 15) is 4.79 Å². The van der Waals surface area contributed by atoms with Gasteiger partial charge in [0.2, 0.25) is 5.91 Å². The molecule has 1 amide bonds. The Labute approximate surface area is 118 Å². The number of carbonyl (C=O) groups is 1. The average Bonchev–Trinajstić information content (AvgIpc) is 2.92. The number of rotatable bonds is 4. The number of carbonyl (C=O) groups excluding carboxylic acids is 1. The van der Waals surface area contributed by atoms with Crippen LogP contribution in [-0.2, 0) is 4.79 Å². The summed E-state index contributed by atoms with van der Waals surface area (Å²) in [5, 5.41) is 12.1. The Balaban J connectivity index is 1.89. The summed E-state index contributed by atoms with van der Waals surface area (Å²) < 4.78 is 0. The van der Waals surface area contributed by atoms with Crippen LogP contribution in [0.25, 0.3) is 0 Å². The first kappa shape index (κ1) is 13.9. The van der Waals surface area contributed by atoms with E-state index in [1.54, 1.807) is 18.2 Å². The molecule has 0 unspecified atom stereocenters. The van der Waals surface area contributed by atoms with Crippen molar-refractivity contribution in [3.8, 4) is 6.07 Å². The molecule has 19 heavy (non-hydrogen) atoms. The molecule has 1 fully saturated rings. The van der Waals surface area contributed by atoms with Gasteiger partial charge in [0.1, 0.15) is 0 Å². The highest BCUT2D eigenvalue weighted by Gasteiger charge is 2.16. The molecule has 0 aromatic heterocycles.